The number of hydrogen-bond acceptors (Lipinski definition) is 3. The molecular weight excluding hydrogens is 415 g/mol. The topological polar surface area (TPSA) is 64.2 Å². The van der Waals surface area contributed by atoms with Gasteiger partial charge in [0.1, 0.15) is 5.82 Å². The van der Waals surface area contributed by atoms with Crippen LogP contribution in [0.3, 0.4) is 0 Å². The summed E-state index contributed by atoms with van der Waals surface area (Å²) in [6, 6.07) is 16.5. The lowest BCUT2D eigenvalue weighted by atomic mass is 9.93. The van der Waals surface area contributed by atoms with Gasteiger partial charge in [-0.1, -0.05) is 18.2 Å². The quantitative estimate of drug-likeness (QED) is 0.480. The molecule has 168 valence electrons. The van der Waals surface area contributed by atoms with Crippen LogP contribution in [0.25, 0.3) is 22.0 Å². The van der Waals surface area contributed by atoms with Crippen molar-refractivity contribution in [1.29, 1.82) is 0 Å². The third-order valence-corrected chi connectivity index (χ3v) is 6.62. The van der Waals surface area contributed by atoms with E-state index in [0.717, 1.165) is 65.8 Å². The highest BCUT2D eigenvalue weighted by Crippen LogP contribution is 2.30. The number of piperidine rings is 1. The summed E-state index contributed by atoms with van der Waals surface area (Å²) >= 11 is 0. The summed E-state index contributed by atoms with van der Waals surface area (Å²) in [4.78, 5) is 18.7. The van der Waals surface area contributed by atoms with Gasteiger partial charge in [0.05, 0.1) is 0 Å². The molecule has 0 bridgehead atoms. The second kappa shape index (κ2) is 8.79. The maximum Gasteiger partial charge on any atom is 0.248 e. The molecule has 2 aromatic carbocycles. The Hall–Kier alpha value is -3.51. The van der Waals surface area contributed by atoms with Gasteiger partial charge in [0, 0.05) is 66.2 Å². The van der Waals surface area contributed by atoms with Crippen LogP contribution in [0.4, 0.5) is 4.39 Å². The predicted molar refractivity (Wildman–Crippen MR) is 128 cm³/mol. The van der Waals surface area contributed by atoms with Crippen LogP contribution in [0.15, 0.2) is 67.0 Å². The van der Waals surface area contributed by atoms with E-state index in [-0.39, 0.29) is 5.82 Å². The zero-order valence-electron chi connectivity index (χ0n) is 18.7. The number of carbonyl (C=O) groups excluding carboxylic acids is 1. The number of primary amides is 1. The lowest BCUT2D eigenvalue weighted by molar-refractivity contribution is 0.100. The van der Waals surface area contributed by atoms with Gasteiger partial charge in [-0.25, -0.2) is 4.39 Å². The van der Waals surface area contributed by atoms with Crippen LogP contribution in [0, 0.1) is 5.82 Å². The van der Waals surface area contributed by atoms with Crippen molar-refractivity contribution in [3.05, 3.63) is 89.6 Å². The number of halogens is 1. The van der Waals surface area contributed by atoms with Crippen molar-refractivity contribution in [2.45, 2.75) is 25.3 Å². The molecule has 1 amide bonds. The molecule has 1 saturated heterocycles. The van der Waals surface area contributed by atoms with Gasteiger partial charge in [0.15, 0.2) is 0 Å². The Morgan fingerprint density at radius 2 is 2.03 bits per heavy atom. The molecule has 5 rings (SSSR count). The molecule has 6 heteroatoms. The number of benzene rings is 2. The molecule has 4 aromatic rings. The van der Waals surface area contributed by atoms with E-state index in [1.165, 1.54) is 6.07 Å². The number of pyridine rings is 1. The van der Waals surface area contributed by atoms with Gasteiger partial charge < -0.3 is 10.3 Å². The van der Waals surface area contributed by atoms with Crippen molar-refractivity contribution in [2.75, 3.05) is 13.1 Å². The Morgan fingerprint density at radius 3 is 2.82 bits per heavy atom. The molecule has 0 saturated carbocycles. The summed E-state index contributed by atoms with van der Waals surface area (Å²) in [5.41, 5.74) is 11.1. The SMILES string of the molecule is Cn1cc(CN2CCC[C@@H](c3ccc(-c4cccc(C(N)=O)c4)cn3)C2)c2cc(F)ccc21. The average Bonchev–Trinajstić information content (AvgIpc) is 3.13. The molecule has 0 radical (unpaired) electrons. The van der Waals surface area contributed by atoms with Crippen LogP contribution < -0.4 is 5.73 Å². The highest BCUT2D eigenvalue weighted by atomic mass is 19.1. The summed E-state index contributed by atoms with van der Waals surface area (Å²) in [7, 11) is 2.01. The van der Waals surface area contributed by atoms with E-state index in [1.54, 1.807) is 18.2 Å². The van der Waals surface area contributed by atoms with Crippen LogP contribution in [-0.2, 0) is 13.6 Å². The van der Waals surface area contributed by atoms with Crippen molar-refractivity contribution in [3.63, 3.8) is 0 Å². The van der Waals surface area contributed by atoms with E-state index < -0.39 is 5.91 Å². The van der Waals surface area contributed by atoms with Crippen LogP contribution in [-0.4, -0.2) is 33.4 Å². The first-order valence-corrected chi connectivity index (χ1v) is 11.3. The maximum atomic E-state index is 13.9. The summed E-state index contributed by atoms with van der Waals surface area (Å²) in [6.45, 7) is 2.75. The minimum atomic E-state index is -0.433. The van der Waals surface area contributed by atoms with Gasteiger partial charge in [-0.05, 0) is 66.9 Å². The molecule has 33 heavy (non-hydrogen) atoms. The van der Waals surface area contributed by atoms with Crippen molar-refractivity contribution in [2.24, 2.45) is 12.8 Å². The molecular formula is C27H27FN4O. The number of aromatic nitrogens is 2. The molecule has 5 nitrogen and oxygen atoms in total. The van der Waals surface area contributed by atoms with Gasteiger partial charge in [-0.2, -0.15) is 0 Å². The molecule has 2 aromatic heterocycles. The van der Waals surface area contributed by atoms with E-state index in [2.05, 4.69) is 27.8 Å². The summed E-state index contributed by atoms with van der Waals surface area (Å²) in [6.07, 6.45) is 6.20. The van der Waals surface area contributed by atoms with E-state index in [9.17, 15) is 9.18 Å². The standard InChI is InChI=1S/C27H27FN4O/c1-31-15-22(24-13-23(28)8-10-26(24)31)17-32-11-3-6-21(16-32)25-9-7-20(14-30-25)18-4-2-5-19(12-18)27(29)33/h2,4-5,7-10,12-15,21H,3,6,11,16-17H2,1H3,(H2,29,33)/t21-/m1/s1. The minimum absolute atomic E-state index is 0.197. The molecule has 0 aliphatic carbocycles. The first-order chi connectivity index (χ1) is 16.0. The van der Waals surface area contributed by atoms with Gasteiger partial charge in [0.25, 0.3) is 0 Å². The van der Waals surface area contributed by atoms with Gasteiger partial charge in [-0.3, -0.25) is 14.7 Å². The third-order valence-electron chi connectivity index (χ3n) is 6.62. The highest BCUT2D eigenvalue weighted by molar-refractivity contribution is 5.94. The molecule has 1 aliphatic heterocycles. The number of carbonyl (C=O) groups is 1. The number of nitrogens with zero attached hydrogens (tertiary/aromatic N) is 3. The average molecular weight is 443 g/mol. The number of hydrogen-bond donors (Lipinski definition) is 1. The largest absolute Gasteiger partial charge is 0.366 e. The van der Waals surface area contributed by atoms with Crippen molar-refractivity contribution in [1.82, 2.24) is 14.5 Å². The number of likely N-dealkylation sites (tertiary alicyclic amines) is 1. The van der Waals surface area contributed by atoms with E-state index in [4.69, 9.17) is 10.7 Å². The zero-order valence-corrected chi connectivity index (χ0v) is 18.7. The van der Waals surface area contributed by atoms with E-state index >= 15 is 0 Å². The molecule has 3 heterocycles. The van der Waals surface area contributed by atoms with Crippen LogP contribution in [0.5, 0.6) is 0 Å². The number of amides is 1. The molecule has 0 unspecified atom stereocenters. The summed E-state index contributed by atoms with van der Waals surface area (Å²) in [5, 5.41) is 0.986. The Morgan fingerprint density at radius 1 is 1.15 bits per heavy atom. The Bertz CT molecular complexity index is 1310. The van der Waals surface area contributed by atoms with Gasteiger partial charge >= 0.3 is 0 Å². The van der Waals surface area contributed by atoms with Crippen molar-refractivity contribution < 1.29 is 9.18 Å². The van der Waals surface area contributed by atoms with E-state index in [0.29, 0.717) is 11.5 Å². The fraction of sp³-hybridized carbons (Fsp3) is 0.259. The molecule has 1 aliphatic rings. The summed E-state index contributed by atoms with van der Waals surface area (Å²) < 4.78 is 15.9. The molecule has 0 spiro atoms. The van der Waals surface area contributed by atoms with Crippen molar-refractivity contribution in [3.8, 4) is 11.1 Å². The summed E-state index contributed by atoms with van der Waals surface area (Å²) in [5.74, 6) is -0.272. The van der Waals surface area contributed by atoms with Crippen LogP contribution in [0.2, 0.25) is 0 Å². The van der Waals surface area contributed by atoms with Crippen molar-refractivity contribution >= 4 is 16.8 Å². The Kier molecular flexibility index (Phi) is 5.68. The first-order valence-electron chi connectivity index (χ1n) is 11.3. The Labute approximate surface area is 192 Å². The number of aryl methyl sites for hydroxylation is 1. The lowest BCUT2D eigenvalue weighted by Crippen LogP contribution is -2.34. The highest BCUT2D eigenvalue weighted by Gasteiger charge is 2.23. The maximum absolute atomic E-state index is 13.9. The second-order valence-corrected chi connectivity index (χ2v) is 8.92. The lowest BCUT2D eigenvalue weighted by Gasteiger charge is -2.32. The molecule has 2 N–H and O–H groups in total. The second-order valence-electron chi connectivity index (χ2n) is 8.92. The van der Waals surface area contributed by atoms with Crippen LogP contribution >= 0.6 is 0 Å². The van der Waals surface area contributed by atoms with Gasteiger partial charge in [0.2, 0.25) is 5.91 Å². The normalized spacial score (nSPS) is 16.8. The minimum Gasteiger partial charge on any atom is -0.366 e. The predicted octanol–water partition coefficient (Wildman–Crippen LogP) is 4.86. The number of rotatable bonds is 5. The fourth-order valence-corrected chi connectivity index (χ4v) is 4.92. The fourth-order valence-electron chi connectivity index (χ4n) is 4.92. The van der Waals surface area contributed by atoms with Gasteiger partial charge in [-0.15, -0.1) is 0 Å². The Balaban J connectivity index is 1.32. The van der Waals surface area contributed by atoms with Crippen LogP contribution in [0.1, 0.15) is 40.4 Å². The monoisotopic (exact) mass is 442 g/mol. The number of nitrogens with two attached hydrogens (primary N) is 1. The molecule has 1 fully saturated rings. The third kappa shape index (κ3) is 4.39. The molecule has 1 atom stereocenters. The van der Waals surface area contributed by atoms with E-state index in [1.807, 2.05) is 31.4 Å². The smallest absolute Gasteiger partial charge is 0.248 e. The number of fused-ring (bicyclic) bond motifs is 1. The first kappa shape index (κ1) is 21.3. The zero-order chi connectivity index (χ0) is 22.9.